The molecule has 1 saturated heterocycles. The molecule has 3 rings (SSSR count). The van der Waals surface area contributed by atoms with Gasteiger partial charge in [0.1, 0.15) is 23.9 Å². The van der Waals surface area contributed by atoms with E-state index in [0.29, 0.717) is 43.5 Å². The fourth-order valence-electron chi connectivity index (χ4n) is 3.71. The first-order chi connectivity index (χ1) is 16.4. The maximum Gasteiger partial charge on any atom is 0.333 e. The quantitative estimate of drug-likeness (QED) is 0.182. The summed E-state index contributed by atoms with van der Waals surface area (Å²) in [5, 5.41) is 9.86. The van der Waals surface area contributed by atoms with Gasteiger partial charge in [-0.05, 0) is 60.2 Å². The maximum absolute atomic E-state index is 11.3. The molecule has 2 unspecified atom stereocenters. The normalized spacial score (nSPS) is 16.1. The molecule has 1 fully saturated rings. The lowest BCUT2D eigenvalue weighted by molar-refractivity contribution is -0.139. The molecule has 1 heterocycles. The number of hydrogen-bond acceptors (Lipinski definition) is 6. The van der Waals surface area contributed by atoms with Crippen LogP contribution in [0.15, 0.2) is 72.8 Å². The predicted octanol–water partition coefficient (Wildman–Crippen LogP) is 5.05. The molecule has 6 nitrogen and oxygen atoms in total. The van der Waals surface area contributed by atoms with Gasteiger partial charge in [0.15, 0.2) is 0 Å². The van der Waals surface area contributed by atoms with Crippen molar-refractivity contribution in [3.8, 4) is 22.6 Å². The molecule has 2 aromatic carbocycles. The van der Waals surface area contributed by atoms with E-state index in [2.05, 4.69) is 13.2 Å². The van der Waals surface area contributed by atoms with Crippen LogP contribution in [0.25, 0.3) is 11.1 Å². The number of esters is 1. The Morgan fingerprint density at radius 2 is 1.62 bits per heavy atom. The SMILES string of the molecule is C=C(C=O)CC(O)CCOc1ccc(-c2ccc(OCCCCC3CC(=C)C(=O)O3)cc2)cc1. The van der Waals surface area contributed by atoms with E-state index < -0.39 is 6.10 Å². The number of benzene rings is 2. The standard InChI is InChI=1S/C28H32O6/c1-20(19-29)17-24(30)14-16-33-26-12-8-23(9-13-26)22-6-10-25(11-7-22)32-15-4-3-5-27-18-21(2)28(31)34-27/h6-13,19,24,27,30H,1-5,14-18H2. The first kappa shape index (κ1) is 25.2. The van der Waals surface area contributed by atoms with E-state index in [9.17, 15) is 14.7 Å². The summed E-state index contributed by atoms with van der Waals surface area (Å²) in [6.07, 6.45) is 4.00. The molecule has 0 amide bonds. The average Bonchev–Trinajstić information content (AvgIpc) is 3.16. The number of carbonyl (C=O) groups is 2. The third kappa shape index (κ3) is 7.89. The molecule has 1 aliphatic heterocycles. The Labute approximate surface area is 200 Å². The summed E-state index contributed by atoms with van der Waals surface area (Å²) < 4.78 is 16.7. The van der Waals surface area contributed by atoms with Gasteiger partial charge in [0.05, 0.1) is 19.3 Å². The largest absolute Gasteiger partial charge is 0.494 e. The molecule has 2 aromatic rings. The van der Waals surface area contributed by atoms with Gasteiger partial charge in [0.25, 0.3) is 0 Å². The molecule has 0 aromatic heterocycles. The van der Waals surface area contributed by atoms with Crippen LogP contribution in [0.3, 0.4) is 0 Å². The van der Waals surface area contributed by atoms with Crippen molar-refractivity contribution >= 4 is 12.3 Å². The number of hydrogen-bond donors (Lipinski definition) is 1. The molecule has 0 radical (unpaired) electrons. The second-order valence-corrected chi connectivity index (χ2v) is 8.50. The van der Waals surface area contributed by atoms with E-state index in [1.807, 2.05) is 48.5 Å². The van der Waals surface area contributed by atoms with E-state index in [-0.39, 0.29) is 18.5 Å². The first-order valence-corrected chi connectivity index (χ1v) is 11.6. The van der Waals surface area contributed by atoms with Crippen LogP contribution in [-0.4, -0.2) is 42.8 Å². The van der Waals surface area contributed by atoms with Crippen molar-refractivity contribution in [2.45, 2.75) is 50.7 Å². The van der Waals surface area contributed by atoms with Crippen molar-refractivity contribution < 1.29 is 28.9 Å². The Kier molecular flexibility index (Phi) is 9.47. The smallest absolute Gasteiger partial charge is 0.333 e. The Balaban J connectivity index is 1.36. The number of rotatable bonds is 14. The summed E-state index contributed by atoms with van der Waals surface area (Å²) in [6.45, 7) is 8.25. The van der Waals surface area contributed by atoms with Crippen molar-refractivity contribution in [3.05, 3.63) is 72.8 Å². The second-order valence-electron chi connectivity index (χ2n) is 8.50. The van der Waals surface area contributed by atoms with Gasteiger partial charge in [-0.3, -0.25) is 4.79 Å². The first-order valence-electron chi connectivity index (χ1n) is 11.6. The van der Waals surface area contributed by atoms with E-state index >= 15 is 0 Å². The fraction of sp³-hybridized carbons (Fsp3) is 0.357. The molecule has 1 aliphatic rings. The highest BCUT2D eigenvalue weighted by atomic mass is 16.5. The Hall–Kier alpha value is -3.38. The van der Waals surface area contributed by atoms with E-state index in [0.717, 1.165) is 41.9 Å². The molecule has 0 bridgehead atoms. The van der Waals surface area contributed by atoms with Crippen molar-refractivity contribution in [2.24, 2.45) is 0 Å². The Morgan fingerprint density at radius 3 is 2.15 bits per heavy atom. The highest BCUT2D eigenvalue weighted by Gasteiger charge is 2.26. The van der Waals surface area contributed by atoms with Crippen molar-refractivity contribution in [3.63, 3.8) is 0 Å². The van der Waals surface area contributed by atoms with Gasteiger partial charge in [0, 0.05) is 24.8 Å². The highest BCUT2D eigenvalue weighted by Crippen LogP contribution is 2.26. The number of aliphatic hydroxyl groups excluding tert-OH is 1. The van der Waals surface area contributed by atoms with Crippen LogP contribution in [0, 0.1) is 0 Å². The summed E-state index contributed by atoms with van der Waals surface area (Å²) in [4.78, 5) is 21.9. The third-order valence-electron chi connectivity index (χ3n) is 5.65. The van der Waals surface area contributed by atoms with E-state index in [1.165, 1.54) is 0 Å². The molecule has 2 atom stereocenters. The van der Waals surface area contributed by atoms with Gasteiger partial charge in [-0.2, -0.15) is 0 Å². The summed E-state index contributed by atoms with van der Waals surface area (Å²) >= 11 is 0. The molecule has 0 spiro atoms. The molecule has 0 saturated carbocycles. The Morgan fingerprint density at radius 1 is 1.03 bits per heavy atom. The number of unbranched alkanes of at least 4 members (excludes halogenated alkanes) is 1. The van der Waals surface area contributed by atoms with Crippen LogP contribution in [0.1, 0.15) is 38.5 Å². The number of cyclic esters (lactones) is 1. The van der Waals surface area contributed by atoms with Gasteiger partial charge in [-0.25, -0.2) is 4.79 Å². The van der Waals surface area contributed by atoms with Gasteiger partial charge in [-0.15, -0.1) is 0 Å². The monoisotopic (exact) mass is 464 g/mol. The lowest BCUT2D eigenvalue weighted by Gasteiger charge is -2.12. The van der Waals surface area contributed by atoms with Crippen LogP contribution in [0.4, 0.5) is 0 Å². The van der Waals surface area contributed by atoms with Crippen LogP contribution in [-0.2, 0) is 14.3 Å². The van der Waals surface area contributed by atoms with Crippen molar-refractivity contribution in [1.82, 2.24) is 0 Å². The third-order valence-corrected chi connectivity index (χ3v) is 5.65. The minimum absolute atomic E-state index is 0.0310. The van der Waals surface area contributed by atoms with Crippen LogP contribution >= 0.6 is 0 Å². The topological polar surface area (TPSA) is 82.1 Å². The molecule has 34 heavy (non-hydrogen) atoms. The van der Waals surface area contributed by atoms with Crippen LogP contribution < -0.4 is 9.47 Å². The lowest BCUT2D eigenvalue weighted by atomic mass is 10.1. The molecule has 0 aliphatic carbocycles. The molecular formula is C28H32O6. The van der Waals surface area contributed by atoms with Crippen molar-refractivity contribution in [2.75, 3.05) is 13.2 Å². The number of ether oxygens (including phenoxy) is 3. The summed E-state index contributed by atoms with van der Waals surface area (Å²) in [5.41, 5.74) is 3.09. The maximum atomic E-state index is 11.3. The highest BCUT2D eigenvalue weighted by molar-refractivity contribution is 5.89. The number of aldehydes is 1. The minimum Gasteiger partial charge on any atom is -0.494 e. The summed E-state index contributed by atoms with van der Waals surface area (Å²) in [6, 6.07) is 15.7. The van der Waals surface area contributed by atoms with Gasteiger partial charge < -0.3 is 19.3 Å². The summed E-state index contributed by atoms with van der Waals surface area (Å²) in [7, 11) is 0. The minimum atomic E-state index is -0.634. The van der Waals surface area contributed by atoms with Gasteiger partial charge in [0.2, 0.25) is 0 Å². The molecule has 1 N–H and O–H groups in total. The number of carbonyl (C=O) groups excluding carboxylic acids is 2. The molecule has 6 heteroatoms. The second kappa shape index (κ2) is 12.8. The zero-order valence-electron chi connectivity index (χ0n) is 19.4. The van der Waals surface area contributed by atoms with Gasteiger partial charge in [-0.1, -0.05) is 37.4 Å². The number of aliphatic hydroxyl groups is 1. The summed E-state index contributed by atoms with van der Waals surface area (Å²) in [5.74, 6) is 1.28. The van der Waals surface area contributed by atoms with Gasteiger partial charge >= 0.3 is 5.97 Å². The molecular weight excluding hydrogens is 432 g/mol. The zero-order valence-corrected chi connectivity index (χ0v) is 19.4. The van der Waals surface area contributed by atoms with Crippen LogP contribution in [0.2, 0.25) is 0 Å². The predicted molar refractivity (Wildman–Crippen MR) is 131 cm³/mol. The van der Waals surface area contributed by atoms with E-state index in [1.54, 1.807) is 0 Å². The zero-order chi connectivity index (χ0) is 24.3. The average molecular weight is 465 g/mol. The lowest BCUT2D eigenvalue weighted by Crippen LogP contribution is -2.13. The molecule has 180 valence electrons. The fourth-order valence-corrected chi connectivity index (χ4v) is 3.71. The Bertz CT molecular complexity index is 961. The van der Waals surface area contributed by atoms with E-state index in [4.69, 9.17) is 14.2 Å². The van der Waals surface area contributed by atoms with Crippen molar-refractivity contribution in [1.29, 1.82) is 0 Å². The van der Waals surface area contributed by atoms with Crippen LogP contribution in [0.5, 0.6) is 11.5 Å².